The van der Waals surface area contributed by atoms with Gasteiger partial charge in [0.25, 0.3) is 5.91 Å². The first-order valence-corrected chi connectivity index (χ1v) is 10.1. The highest BCUT2D eigenvalue weighted by Crippen LogP contribution is 2.28. The number of ether oxygens (including phenoxy) is 3. The molecule has 2 N–H and O–H groups in total. The summed E-state index contributed by atoms with van der Waals surface area (Å²) in [7, 11) is 2.88. The Hall–Kier alpha value is -3.29. The lowest BCUT2D eigenvalue weighted by Crippen LogP contribution is -2.41. The van der Waals surface area contributed by atoms with Gasteiger partial charge < -0.3 is 14.2 Å². The van der Waals surface area contributed by atoms with Gasteiger partial charge in [0, 0.05) is 12.0 Å². The molecule has 2 rings (SSSR count). The van der Waals surface area contributed by atoms with Gasteiger partial charge in [0.05, 0.1) is 20.8 Å². The lowest BCUT2D eigenvalue weighted by molar-refractivity contribution is -0.121. The molecule has 0 aromatic heterocycles. The van der Waals surface area contributed by atoms with E-state index in [2.05, 4.69) is 24.7 Å². The van der Waals surface area contributed by atoms with Gasteiger partial charge in [-0.1, -0.05) is 19.9 Å². The molecule has 0 saturated carbocycles. The zero-order valence-electron chi connectivity index (χ0n) is 18.3. The smallest absolute Gasteiger partial charge is 0.269 e. The van der Waals surface area contributed by atoms with Crippen molar-refractivity contribution in [1.29, 1.82) is 0 Å². The molecule has 0 radical (unpaired) electrons. The second kappa shape index (κ2) is 11.8. The largest absolute Gasteiger partial charge is 0.494 e. The molecule has 0 bridgehead atoms. The number of hydrazine groups is 1. The molecule has 0 atom stereocenters. The zero-order valence-corrected chi connectivity index (χ0v) is 18.3. The third-order valence-electron chi connectivity index (χ3n) is 4.55. The number of nitrogens with one attached hydrogen (secondary N) is 2. The molecule has 7 nitrogen and oxygen atoms in total. The Bertz CT molecular complexity index is 902. The summed E-state index contributed by atoms with van der Waals surface area (Å²) in [5, 5.41) is 0. The van der Waals surface area contributed by atoms with E-state index >= 15 is 0 Å². The Balaban J connectivity index is 1.85. The van der Waals surface area contributed by atoms with Gasteiger partial charge in [-0.15, -0.1) is 0 Å². The molecule has 8 heteroatoms. The monoisotopic (exact) mass is 432 g/mol. The van der Waals surface area contributed by atoms with Crippen LogP contribution in [0.15, 0.2) is 36.4 Å². The average molecular weight is 432 g/mol. The van der Waals surface area contributed by atoms with Crippen molar-refractivity contribution in [3.63, 3.8) is 0 Å². The van der Waals surface area contributed by atoms with E-state index in [1.807, 2.05) is 0 Å². The van der Waals surface area contributed by atoms with E-state index in [9.17, 15) is 14.0 Å². The van der Waals surface area contributed by atoms with Crippen LogP contribution in [0.2, 0.25) is 0 Å². The Morgan fingerprint density at radius 2 is 1.68 bits per heavy atom. The summed E-state index contributed by atoms with van der Waals surface area (Å²) in [5.74, 6) is 0.274. The van der Waals surface area contributed by atoms with Crippen LogP contribution in [0, 0.1) is 11.7 Å². The zero-order chi connectivity index (χ0) is 22.8. The standard InChI is InChI=1S/C23H29FN2O5/c1-15(2)11-12-31-20-9-7-17(14-21(20)30-4)23(28)26-25-22(27)10-6-16-5-8-19(29-3)18(24)13-16/h5,7-9,13-15H,6,10-12H2,1-4H3,(H,25,27)(H,26,28). The highest BCUT2D eigenvalue weighted by molar-refractivity contribution is 5.96. The molecule has 0 heterocycles. The number of amides is 2. The second-order valence-electron chi connectivity index (χ2n) is 7.37. The van der Waals surface area contributed by atoms with E-state index in [0.717, 1.165) is 6.42 Å². The predicted molar refractivity (Wildman–Crippen MR) is 115 cm³/mol. The van der Waals surface area contributed by atoms with Crippen molar-refractivity contribution in [2.75, 3.05) is 20.8 Å². The SMILES string of the molecule is COc1ccc(CCC(=O)NNC(=O)c2ccc(OCCC(C)C)c(OC)c2)cc1F. The van der Waals surface area contributed by atoms with Crippen LogP contribution in [0.1, 0.15) is 42.6 Å². The fourth-order valence-corrected chi connectivity index (χ4v) is 2.72. The third kappa shape index (κ3) is 7.47. The highest BCUT2D eigenvalue weighted by Gasteiger charge is 2.13. The van der Waals surface area contributed by atoms with Crippen molar-refractivity contribution < 1.29 is 28.2 Å². The molecule has 0 aliphatic carbocycles. The topological polar surface area (TPSA) is 85.9 Å². The van der Waals surface area contributed by atoms with Gasteiger partial charge in [-0.2, -0.15) is 0 Å². The molecular weight excluding hydrogens is 403 g/mol. The minimum absolute atomic E-state index is 0.0813. The van der Waals surface area contributed by atoms with Gasteiger partial charge in [-0.05, 0) is 54.7 Å². The molecular formula is C23H29FN2O5. The molecule has 0 unspecified atom stereocenters. The van der Waals surface area contributed by atoms with E-state index in [1.165, 1.54) is 26.4 Å². The fourth-order valence-electron chi connectivity index (χ4n) is 2.72. The first kappa shape index (κ1) is 24.0. The molecule has 0 aliphatic heterocycles. The number of aryl methyl sites for hydroxylation is 1. The van der Waals surface area contributed by atoms with Crippen LogP contribution in [0.4, 0.5) is 4.39 Å². The maximum Gasteiger partial charge on any atom is 0.269 e. The molecule has 0 saturated heterocycles. The Labute approximate surface area is 181 Å². The fraction of sp³-hybridized carbons (Fsp3) is 0.391. The highest BCUT2D eigenvalue weighted by atomic mass is 19.1. The lowest BCUT2D eigenvalue weighted by atomic mass is 10.1. The summed E-state index contributed by atoms with van der Waals surface area (Å²) in [5.41, 5.74) is 5.68. The van der Waals surface area contributed by atoms with Gasteiger partial charge in [-0.25, -0.2) is 4.39 Å². The van der Waals surface area contributed by atoms with Crippen LogP contribution in [0.25, 0.3) is 0 Å². The summed E-state index contributed by atoms with van der Waals surface area (Å²) in [6.45, 7) is 4.77. The predicted octanol–water partition coefficient (Wildman–Crippen LogP) is 3.66. The lowest BCUT2D eigenvalue weighted by Gasteiger charge is -2.13. The number of carbonyl (C=O) groups excluding carboxylic acids is 2. The van der Waals surface area contributed by atoms with Crippen molar-refractivity contribution >= 4 is 11.8 Å². The molecule has 31 heavy (non-hydrogen) atoms. The number of hydrogen-bond donors (Lipinski definition) is 2. The van der Waals surface area contributed by atoms with Crippen LogP contribution in [-0.2, 0) is 11.2 Å². The van der Waals surface area contributed by atoms with Gasteiger partial charge in [0.2, 0.25) is 5.91 Å². The van der Waals surface area contributed by atoms with Crippen molar-refractivity contribution in [3.8, 4) is 17.2 Å². The molecule has 2 aromatic carbocycles. The Morgan fingerprint density at radius 3 is 2.32 bits per heavy atom. The quantitative estimate of drug-likeness (QED) is 0.560. The molecule has 0 spiro atoms. The van der Waals surface area contributed by atoms with Crippen molar-refractivity contribution in [2.24, 2.45) is 5.92 Å². The van der Waals surface area contributed by atoms with Crippen molar-refractivity contribution in [1.82, 2.24) is 10.9 Å². The van der Waals surface area contributed by atoms with Gasteiger partial charge >= 0.3 is 0 Å². The summed E-state index contributed by atoms with van der Waals surface area (Å²) in [6, 6.07) is 9.32. The number of benzene rings is 2. The first-order chi connectivity index (χ1) is 14.8. The molecule has 0 fully saturated rings. The van der Waals surface area contributed by atoms with E-state index in [1.54, 1.807) is 24.3 Å². The van der Waals surface area contributed by atoms with Crippen molar-refractivity contribution in [3.05, 3.63) is 53.3 Å². The van der Waals surface area contributed by atoms with Crippen molar-refractivity contribution in [2.45, 2.75) is 33.1 Å². The molecule has 168 valence electrons. The minimum atomic E-state index is -0.490. The van der Waals surface area contributed by atoms with Gasteiger partial charge in [0.15, 0.2) is 23.1 Å². The first-order valence-electron chi connectivity index (χ1n) is 10.1. The summed E-state index contributed by atoms with van der Waals surface area (Å²) < 4.78 is 29.6. The molecule has 2 aromatic rings. The van der Waals surface area contributed by atoms with Gasteiger partial charge in [0.1, 0.15) is 0 Å². The number of halogens is 1. The molecule has 2 amide bonds. The van der Waals surface area contributed by atoms with Crippen LogP contribution in [0.3, 0.4) is 0 Å². The number of hydrogen-bond acceptors (Lipinski definition) is 5. The van der Waals surface area contributed by atoms with E-state index < -0.39 is 17.6 Å². The van der Waals surface area contributed by atoms with E-state index in [0.29, 0.717) is 41.6 Å². The average Bonchev–Trinajstić information content (AvgIpc) is 2.76. The third-order valence-corrected chi connectivity index (χ3v) is 4.55. The number of rotatable bonds is 10. The Morgan fingerprint density at radius 1 is 0.968 bits per heavy atom. The van der Waals surface area contributed by atoms with Crippen LogP contribution in [0.5, 0.6) is 17.2 Å². The minimum Gasteiger partial charge on any atom is -0.494 e. The maximum absolute atomic E-state index is 13.7. The van der Waals surface area contributed by atoms with E-state index in [4.69, 9.17) is 14.2 Å². The Kier molecular flexibility index (Phi) is 9.12. The second-order valence-corrected chi connectivity index (χ2v) is 7.37. The normalized spacial score (nSPS) is 10.5. The van der Waals surface area contributed by atoms with Crippen LogP contribution < -0.4 is 25.1 Å². The van der Waals surface area contributed by atoms with Crippen LogP contribution >= 0.6 is 0 Å². The number of carbonyl (C=O) groups is 2. The maximum atomic E-state index is 13.7. The van der Waals surface area contributed by atoms with Crippen LogP contribution in [-0.4, -0.2) is 32.6 Å². The summed E-state index contributed by atoms with van der Waals surface area (Å²) in [6.07, 6.45) is 1.30. The summed E-state index contributed by atoms with van der Waals surface area (Å²) in [4.78, 5) is 24.4. The van der Waals surface area contributed by atoms with E-state index in [-0.39, 0.29) is 12.2 Å². The number of methoxy groups -OCH3 is 2. The van der Waals surface area contributed by atoms with Gasteiger partial charge in [-0.3, -0.25) is 20.4 Å². The summed E-state index contributed by atoms with van der Waals surface area (Å²) >= 11 is 0. The molecule has 0 aliphatic rings.